The topological polar surface area (TPSA) is 55.3 Å². The summed E-state index contributed by atoms with van der Waals surface area (Å²) in [7, 11) is 3.65. The number of hydrogen-bond acceptors (Lipinski definition) is 5. The lowest BCUT2D eigenvalue weighted by Gasteiger charge is -2.15. The number of rotatable bonds is 4. The Bertz CT molecular complexity index is 428. The Morgan fingerprint density at radius 1 is 1.53 bits per heavy atom. The van der Waals surface area contributed by atoms with Crippen LogP contribution in [0.3, 0.4) is 0 Å². The third-order valence-electron chi connectivity index (χ3n) is 2.02. The van der Waals surface area contributed by atoms with E-state index >= 15 is 0 Å². The van der Waals surface area contributed by atoms with Crippen LogP contribution in [-0.4, -0.2) is 36.6 Å². The first kappa shape index (κ1) is 13.2. The molecule has 0 saturated heterocycles. The van der Waals surface area contributed by atoms with Gasteiger partial charge < -0.3 is 9.64 Å². The number of esters is 1. The molecule has 5 nitrogen and oxygen atoms in total. The highest BCUT2D eigenvalue weighted by molar-refractivity contribution is 5.94. The molecule has 0 aliphatic heterocycles. The van der Waals surface area contributed by atoms with Gasteiger partial charge in [-0.2, -0.15) is 0 Å². The van der Waals surface area contributed by atoms with Gasteiger partial charge >= 0.3 is 5.97 Å². The van der Waals surface area contributed by atoms with E-state index in [0.717, 1.165) is 0 Å². The Labute approximate surface area is 101 Å². The highest BCUT2D eigenvalue weighted by Gasteiger charge is 2.16. The molecule has 1 aromatic rings. The standard InChI is InChI=1S/C12H17N3O2/c1-5-7-10-13-8-9(12(16)17-6-2)11(14-10)15(3)4/h5,7-8H,6H2,1-4H3. The normalized spacial score (nSPS) is 10.6. The molecule has 0 unspecified atom stereocenters. The maximum absolute atomic E-state index is 11.7. The number of carbonyl (C=O) groups excluding carboxylic acids is 1. The van der Waals surface area contributed by atoms with Gasteiger partial charge in [-0.3, -0.25) is 0 Å². The Morgan fingerprint density at radius 2 is 2.24 bits per heavy atom. The Morgan fingerprint density at radius 3 is 2.76 bits per heavy atom. The van der Waals surface area contributed by atoms with Crippen LogP contribution in [0.2, 0.25) is 0 Å². The molecule has 0 aliphatic carbocycles. The summed E-state index contributed by atoms with van der Waals surface area (Å²) in [5.41, 5.74) is 0.380. The van der Waals surface area contributed by atoms with Gasteiger partial charge in [0.15, 0.2) is 5.82 Å². The van der Waals surface area contributed by atoms with Crippen molar-refractivity contribution in [3.63, 3.8) is 0 Å². The van der Waals surface area contributed by atoms with E-state index in [2.05, 4.69) is 9.97 Å². The molecule has 1 heterocycles. The first-order chi connectivity index (χ1) is 8.10. The second kappa shape index (κ2) is 5.98. The van der Waals surface area contributed by atoms with Crippen molar-refractivity contribution < 1.29 is 9.53 Å². The van der Waals surface area contributed by atoms with Gasteiger partial charge in [-0.15, -0.1) is 0 Å². The molecular formula is C12H17N3O2. The van der Waals surface area contributed by atoms with E-state index < -0.39 is 5.97 Å². The van der Waals surface area contributed by atoms with Crippen LogP contribution in [0.1, 0.15) is 30.0 Å². The first-order valence-electron chi connectivity index (χ1n) is 5.44. The lowest BCUT2D eigenvalue weighted by Crippen LogP contribution is -2.18. The molecule has 0 fully saturated rings. The Balaban J connectivity index is 3.17. The van der Waals surface area contributed by atoms with Gasteiger partial charge in [0.1, 0.15) is 11.4 Å². The molecule has 0 N–H and O–H groups in total. The zero-order valence-corrected chi connectivity index (χ0v) is 10.6. The van der Waals surface area contributed by atoms with E-state index in [9.17, 15) is 4.79 Å². The molecule has 0 amide bonds. The Kier molecular flexibility index (Phi) is 4.63. The number of hydrogen-bond donors (Lipinski definition) is 0. The zero-order chi connectivity index (χ0) is 12.8. The van der Waals surface area contributed by atoms with Crippen LogP contribution >= 0.6 is 0 Å². The lowest BCUT2D eigenvalue weighted by molar-refractivity contribution is 0.0526. The minimum absolute atomic E-state index is 0.336. The number of nitrogens with zero attached hydrogens (tertiary/aromatic N) is 3. The van der Waals surface area contributed by atoms with Crippen LogP contribution in [-0.2, 0) is 4.74 Å². The molecule has 0 radical (unpaired) electrons. The van der Waals surface area contributed by atoms with Crippen molar-refractivity contribution in [3.8, 4) is 0 Å². The number of aromatic nitrogens is 2. The predicted octanol–water partition coefficient (Wildman–Crippen LogP) is 1.75. The molecule has 0 spiro atoms. The molecule has 1 rings (SSSR count). The average molecular weight is 235 g/mol. The summed E-state index contributed by atoms with van der Waals surface area (Å²) in [6, 6.07) is 0. The van der Waals surface area contributed by atoms with Crippen LogP contribution in [0, 0.1) is 0 Å². The summed E-state index contributed by atoms with van der Waals surface area (Å²) in [5, 5.41) is 0. The van der Waals surface area contributed by atoms with E-state index in [4.69, 9.17) is 4.74 Å². The quantitative estimate of drug-likeness (QED) is 0.744. The van der Waals surface area contributed by atoms with Gasteiger partial charge in [0.05, 0.1) is 6.61 Å². The van der Waals surface area contributed by atoms with Crippen LogP contribution in [0.25, 0.3) is 6.08 Å². The van der Waals surface area contributed by atoms with Crippen molar-refractivity contribution in [2.75, 3.05) is 25.6 Å². The van der Waals surface area contributed by atoms with Crippen LogP contribution < -0.4 is 4.90 Å². The minimum Gasteiger partial charge on any atom is -0.462 e. The molecule has 0 aliphatic rings. The van der Waals surface area contributed by atoms with Gasteiger partial charge in [0, 0.05) is 20.3 Å². The monoisotopic (exact) mass is 235 g/mol. The third kappa shape index (κ3) is 3.27. The van der Waals surface area contributed by atoms with E-state index in [0.29, 0.717) is 23.8 Å². The van der Waals surface area contributed by atoms with E-state index in [1.54, 1.807) is 17.9 Å². The van der Waals surface area contributed by atoms with Crippen LogP contribution in [0.5, 0.6) is 0 Å². The summed E-state index contributed by atoms with van der Waals surface area (Å²) in [5.74, 6) is 0.735. The van der Waals surface area contributed by atoms with Crippen molar-refractivity contribution in [2.45, 2.75) is 13.8 Å². The largest absolute Gasteiger partial charge is 0.462 e. The van der Waals surface area contributed by atoms with E-state index in [1.807, 2.05) is 27.1 Å². The summed E-state index contributed by atoms with van der Waals surface area (Å²) < 4.78 is 4.95. The van der Waals surface area contributed by atoms with Crippen molar-refractivity contribution in [1.82, 2.24) is 9.97 Å². The lowest BCUT2D eigenvalue weighted by atomic mass is 10.3. The highest BCUT2D eigenvalue weighted by atomic mass is 16.5. The van der Waals surface area contributed by atoms with Gasteiger partial charge in [0.2, 0.25) is 0 Å². The second-order valence-corrected chi connectivity index (χ2v) is 3.58. The SMILES string of the molecule is CC=Cc1ncc(C(=O)OCC)c(N(C)C)n1. The summed E-state index contributed by atoms with van der Waals surface area (Å²) in [6.45, 7) is 3.99. The molecule has 5 heteroatoms. The maximum Gasteiger partial charge on any atom is 0.343 e. The summed E-state index contributed by atoms with van der Waals surface area (Å²) in [4.78, 5) is 21.8. The highest BCUT2D eigenvalue weighted by Crippen LogP contribution is 2.16. The van der Waals surface area contributed by atoms with E-state index in [-0.39, 0.29) is 0 Å². The number of allylic oxidation sites excluding steroid dienone is 1. The second-order valence-electron chi connectivity index (χ2n) is 3.58. The maximum atomic E-state index is 11.7. The fraction of sp³-hybridized carbons (Fsp3) is 0.417. The molecule has 1 aromatic heterocycles. The van der Waals surface area contributed by atoms with Gasteiger partial charge in [-0.1, -0.05) is 6.08 Å². The zero-order valence-electron chi connectivity index (χ0n) is 10.6. The summed E-state index contributed by atoms with van der Waals surface area (Å²) in [6.07, 6.45) is 5.12. The molecule has 92 valence electrons. The number of ether oxygens (including phenoxy) is 1. The first-order valence-corrected chi connectivity index (χ1v) is 5.44. The molecular weight excluding hydrogens is 218 g/mol. The fourth-order valence-electron chi connectivity index (χ4n) is 1.31. The molecule has 0 saturated carbocycles. The van der Waals surface area contributed by atoms with Gasteiger partial charge in [-0.05, 0) is 19.9 Å². The van der Waals surface area contributed by atoms with Crippen molar-refractivity contribution in [3.05, 3.63) is 23.7 Å². The van der Waals surface area contributed by atoms with Crippen molar-refractivity contribution in [2.24, 2.45) is 0 Å². The average Bonchev–Trinajstić information content (AvgIpc) is 2.29. The smallest absolute Gasteiger partial charge is 0.343 e. The number of anilines is 1. The fourth-order valence-corrected chi connectivity index (χ4v) is 1.31. The molecule has 0 atom stereocenters. The third-order valence-corrected chi connectivity index (χ3v) is 2.02. The predicted molar refractivity (Wildman–Crippen MR) is 67.0 cm³/mol. The number of carbonyl (C=O) groups is 1. The van der Waals surface area contributed by atoms with Crippen LogP contribution in [0.15, 0.2) is 12.3 Å². The van der Waals surface area contributed by atoms with E-state index in [1.165, 1.54) is 6.20 Å². The van der Waals surface area contributed by atoms with Gasteiger partial charge in [-0.25, -0.2) is 14.8 Å². The Hall–Kier alpha value is -1.91. The van der Waals surface area contributed by atoms with Crippen molar-refractivity contribution in [1.29, 1.82) is 0 Å². The van der Waals surface area contributed by atoms with Crippen LogP contribution in [0.4, 0.5) is 5.82 Å². The molecule has 17 heavy (non-hydrogen) atoms. The van der Waals surface area contributed by atoms with Crippen molar-refractivity contribution >= 4 is 17.9 Å². The summed E-state index contributed by atoms with van der Waals surface area (Å²) >= 11 is 0. The molecule has 0 aromatic carbocycles. The minimum atomic E-state index is -0.400. The van der Waals surface area contributed by atoms with Gasteiger partial charge in [0.25, 0.3) is 0 Å². The molecule has 0 bridgehead atoms.